The van der Waals surface area contributed by atoms with Crippen LogP contribution in [0, 0.1) is 0 Å². The Labute approximate surface area is 110 Å². The number of ether oxygens (including phenoxy) is 1. The van der Waals surface area contributed by atoms with Gasteiger partial charge in [-0.25, -0.2) is 0 Å². The first-order chi connectivity index (χ1) is 7.88. The Hall–Kier alpha value is -0.730. The topological polar surface area (TPSA) is 21.3 Å². The van der Waals surface area contributed by atoms with E-state index in [1.807, 2.05) is 0 Å². The molecule has 1 aliphatic heterocycles. The lowest BCUT2D eigenvalue weighted by Crippen LogP contribution is -2.37. The number of halogens is 1. The number of benzene rings is 1. The highest BCUT2D eigenvalue weighted by atomic mass is 35.5. The molecule has 1 N–H and O–H groups in total. The summed E-state index contributed by atoms with van der Waals surface area (Å²) in [5.74, 6) is 1.01. The predicted molar refractivity (Wildman–Crippen MR) is 74.2 cm³/mol. The Morgan fingerprint density at radius 1 is 1.29 bits per heavy atom. The van der Waals surface area contributed by atoms with Crippen LogP contribution in [0.15, 0.2) is 24.3 Å². The van der Waals surface area contributed by atoms with E-state index in [4.69, 9.17) is 4.74 Å². The van der Waals surface area contributed by atoms with E-state index in [9.17, 15) is 0 Å². The van der Waals surface area contributed by atoms with Crippen molar-refractivity contribution in [2.24, 2.45) is 0 Å². The van der Waals surface area contributed by atoms with Crippen molar-refractivity contribution >= 4 is 12.4 Å². The molecule has 3 heteroatoms. The van der Waals surface area contributed by atoms with Crippen molar-refractivity contribution in [3.05, 3.63) is 29.8 Å². The maximum absolute atomic E-state index is 5.93. The molecule has 1 aromatic carbocycles. The predicted octanol–water partition coefficient (Wildman–Crippen LogP) is 3.19. The zero-order valence-corrected chi connectivity index (χ0v) is 11.3. The molecular formula is C14H22ClNO. The fourth-order valence-corrected chi connectivity index (χ4v) is 2.14. The molecular weight excluding hydrogens is 234 g/mol. The van der Waals surface area contributed by atoms with Crippen LogP contribution in [0.4, 0.5) is 0 Å². The van der Waals surface area contributed by atoms with Gasteiger partial charge >= 0.3 is 0 Å². The van der Waals surface area contributed by atoms with Gasteiger partial charge in [-0.15, -0.1) is 12.4 Å². The molecule has 1 saturated heterocycles. The first-order valence-electron chi connectivity index (χ1n) is 6.35. The molecule has 1 fully saturated rings. The molecule has 0 aromatic heterocycles. The van der Waals surface area contributed by atoms with Crippen molar-refractivity contribution in [3.63, 3.8) is 0 Å². The van der Waals surface area contributed by atoms with Gasteiger partial charge < -0.3 is 10.1 Å². The van der Waals surface area contributed by atoms with Crippen LogP contribution in [0.3, 0.4) is 0 Å². The third-order valence-corrected chi connectivity index (χ3v) is 3.02. The quantitative estimate of drug-likeness (QED) is 0.892. The minimum Gasteiger partial charge on any atom is -0.489 e. The van der Waals surface area contributed by atoms with Gasteiger partial charge in [-0.1, -0.05) is 25.5 Å². The molecule has 1 heterocycles. The van der Waals surface area contributed by atoms with Crippen LogP contribution in [0.1, 0.15) is 31.7 Å². The Morgan fingerprint density at radius 2 is 2.06 bits per heavy atom. The second-order valence-electron chi connectivity index (χ2n) is 4.48. The number of aryl methyl sites for hydroxylation is 1. The smallest absolute Gasteiger partial charge is 0.119 e. The van der Waals surface area contributed by atoms with E-state index < -0.39 is 0 Å². The Balaban J connectivity index is 0.00000144. The van der Waals surface area contributed by atoms with Gasteiger partial charge in [0.15, 0.2) is 0 Å². The van der Waals surface area contributed by atoms with Gasteiger partial charge in [0.25, 0.3) is 0 Å². The third-order valence-electron chi connectivity index (χ3n) is 3.02. The molecule has 1 aromatic rings. The van der Waals surface area contributed by atoms with Crippen LogP contribution >= 0.6 is 12.4 Å². The minimum atomic E-state index is 0. The summed E-state index contributed by atoms with van der Waals surface area (Å²) >= 11 is 0. The molecule has 0 saturated carbocycles. The third kappa shape index (κ3) is 4.57. The van der Waals surface area contributed by atoms with E-state index in [0.29, 0.717) is 6.10 Å². The number of hydrogen-bond donors (Lipinski definition) is 1. The summed E-state index contributed by atoms with van der Waals surface area (Å²) in [7, 11) is 0. The maximum Gasteiger partial charge on any atom is 0.119 e. The van der Waals surface area contributed by atoms with Crippen molar-refractivity contribution in [2.45, 2.75) is 38.7 Å². The highest BCUT2D eigenvalue weighted by Gasteiger charge is 2.13. The van der Waals surface area contributed by atoms with Crippen molar-refractivity contribution in [1.82, 2.24) is 5.32 Å². The molecule has 0 aliphatic carbocycles. The second kappa shape index (κ2) is 7.57. The average Bonchev–Trinajstić information content (AvgIpc) is 2.33. The fourth-order valence-electron chi connectivity index (χ4n) is 2.14. The van der Waals surface area contributed by atoms with Gasteiger partial charge in [-0.05, 0) is 43.5 Å². The Bertz CT molecular complexity index is 307. The number of rotatable bonds is 4. The summed E-state index contributed by atoms with van der Waals surface area (Å²) in [5.41, 5.74) is 1.40. The van der Waals surface area contributed by atoms with Gasteiger partial charge in [0.2, 0.25) is 0 Å². The lowest BCUT2D eigenvalue weighted by atomic mass is 10.1. The van der Waals surface area contributed by atoms with Crippen molar-refractivity contribution in [1.29, 1.82) is 0 Å². The molecule has 2 nitrogen and oxygen atoms in total. The van der Waals surface area contributed by atoms with Gasteiger partial charge in [0, 0.05) is 6.54 Å². The SMILES string of the molecule is CCCc1ccc(OC2CCCNC2)cc1.Cl. The van der Waals surface area contributed by atoms with Gasteiger partial charge in [0.05, 0.1) is 0 Å². The monoisotopic (exact) mass is 255 g/mol. The van der Waals surface area contributed by atoms with E-state index in [1.54, 1.807) is 0 Å². The van der Waals surface area contributed by atoms with Crippen LogP contribution in [0.2, 0.25) is 0 Å². The first-order valence-corrected chi connectivity index (χ1v) is 6.35. The molecule has 2 rings (SSSR count). The zero-order chi connectivity index (χ0) is 11.2. The average molecular weight is 256 g/mol. The highest BCUT2D eigenvalue weighted by Crippen LogP contribution is 2.17. The molecule has 1 aliphatic rings. The van der Waals surface area contributed by atoms with Crippen LogP contribution in [0.25, 0.3) is 0 Å². The summed E-state index contributed by atoms with van der Waals surface area (Å²) in [6, 6.07) is 8.55. The van der Waals surface area contributed by atoms with E-state index in [0.717, 1.165) is 25.3 Å². The summed E-state index contributed by atoms with van der Waals surface area (Å²) in [6.07, 6.45) is 5.10. The molecule has 0 spiro atoms. The van der Waals surface area contributed by atoms with Crippen LogP contribution < -0.4 is 10.1 Å². The standard InChI is InChI=1S/C14H21NO.ClH/c1-2-4-12-6-8-13(9-7-12)16-14-5-3-10-15-11-14;/h6-9,14-15H,2-5,10-11H2,1H3;1H. The molecule has 0 amide bonds. The number of nitrogens with one attached hydrogen (secondary N) is 1. The van der Waals surface area contributed by atoms with Crippen molar-refractivity contribution < 1.29 is 4.74 Å². The van der Waals surface area contributed by atoms with E-state index in [1.165, 1.54) is 24.8 Å². The zero-order valence-electron chi connectivity index (χ0n) is 10.4. The van der Waals surface area contributed by atoms with Gasteiger partial charge in [-0.2, -0.15) is 0 Å². The number of hydrogen-bond acceptors (Lipinski definition) is 2. The van der Waals surface area contributed by atoms with Gasteiger partial charge in [0.1, 0.15) is 11.9 Å². The Kier molecular flexibility index (Phi) is 6.38. The maximum atomic E-state index is 5.93. The summed E-state index contributed by atoms with van der Waals surface area (Å²) in [6.45, 7) is 4.32. The van der Waals surface area contributed by atoms with E-state index in [-0.39, 0.29) is 12.4 Å². The summed E-state index contributed by atoms with van der Waals surface area (Å²) in [4.78, 5) is 0. The molecule has 1 atom stereocenters. The highest BCUT2D eigenvalue weighted by molar-refractivity contribution is 5.85. The Morgan fingerprint density at radius 3 is 2.65 bits per heavy atom. The molecule has 0 radical (unpaired) electrons. The minimum absolute atomic E-state index is 0. The van der Waals surface area contributed by atoms with Crippen molar-refractivity contribution in [2.75, 3.05) is 13.1 Å². The van der Waals surface area contributed by atoms with Crippen LogP contribution in [-0.2, 0) is 6.42 Å². The lowest BCUT2D eigenvalue weighted by Gasteiger charge is -2.24. The molecule has 96 valence electrons. The molecule has 1 unspecified atom stereocenters. The normalized spacial score (nSPS) is 19.5. The van der Waals surface area contributed by atoms with Crippen molar-refractivity contribution in [3.8, 4) is 5.75 Å². The second-order valence-corrected chi connectivity index (χ2v) is 4.48. The number of piperidine rings is 1. The fraction of sp³-hybridized carbons (Fsp3) is 0.571. The van der Waals surface area contributed by atoms with Gasteiger partial charge in [-0.3, -0.25) is 0 Å². The lowest BCUT2D eigenvalue weighted by molar-refractivity contribution is 0.167. The first kappa shape index (κ1) is 14.3. The van der Waals surface area contributed by atoms with E-state index >= 15 is 0 Å². The largest absolute Gasteiger partial charge is 0.489 e. The molecule has 0 bridgehead atoms. The molecule has 17 heavy (non-hydrogen) atoms. The van der Waals surface area contributed by atoms with E-state index in [2.05, 4.69) is 36.5 Å². The summed E-state index contributed by atoms with van der Waals surface area (Å²) in [5, 5.41) is 3.36. The summed E-state index contributed by atoms with van der Waals surface area (Å²) < 4.78 is 5.93. The van der Waals surface area contributed by atoms with Crippen LogP contribution in [0.5, 0.6) is 5.75 Å². The van der Waals surface area contributed by atoms with Crippen LogP contribution in [-0.4, -0.2) is 19.2 Å².